The predicted molar refractivity (Wildman–Crippen MR) is 60.6 cm³/mol. The van der Waals surface area contributed by atoms with E-state index in [2.05, 4.69) is 0 Å². The van der Waals surface area contributed by atoms with E-state index in [0.29, 0.717) is 6.61 Å². The van der Waals surface area contributed by atoms with Gasteiger partial charge in [0.1, 0.15) is 12.4 Å². The third kappa shape index (κ3) is 2.84. The van der Waals surface area contributed by atoms with Gasteiger partial charge in [-0.3, -0.25) is 0 Å². The molecule has 0 aliphatic carbocycles. The Kier molecular flexibility index (Phi) is 3.03. The van der Waals surface area contributed by atoms with Gasteiger partial charge in [0.25, 0.3) is 0 Å². The van der Waals surface area contributed by atoms with E-state index in [4.69, 9.17) is 11.7 Å². The van der Waals surface area contributed by atoms with E-state index in [1.807, 2.05) is 54.6 Å². The molecule has 0 bridgehead atoms. The zero-order chi connectivity index (χ0) is 10.5. The lowest BCUT2D eigenvalue weighted by Crippen LogP contribution is -1.94. The van der Waals surface area contributed by atoms with Crippen LogP contribution in [0, 0.1) is 6.92 Å². The van der Waals surface area contributed by atoms with Gasteiger partial charge in [-0.2, -0.15) is 0 Å². The molecule has 0 spiro atoms. The van der Waals surface area contributed by atoms with E-state index in [1.54, 1.807) is 0 Å². The Labute approximate surface area is 90.3 Å². The van der Waals surface area contributed by atoms with E-state index >= 15 is 0 Å². The fraction of sp³-hybridized carbons (Fsp3) is 0.0714. The summed E-state index contributed by atoms with van der Waals surface area (Å²) in [5.74, 6) is 0.841. The second-order valence-corrected chi connectivity index (χ2v) is 3.34. The number of rotatable bonds is 3. The van der Waals surface area contributed by atoms with Crippen molar-refractivity contribution in [3.8, 4) is 5.75 Å². The van der Waals surface area contributed by atoms with Crippen molar-refractivity contribution >= 4 is 0 Å². The van der Waals surface area contributed by atoms with Crippen molar-refractivity contribution in [2.45, 2.75) is 6.61 Å². The Bertz CT molecular complexity index is 403. The normalized spacial score (nSPS) is 9.93. The summed E-state index contributed by atoms with van der Waals surface area (Å²) in [5, 5.41) is 0. The highest BCUT2D eigenvalue weighted by atomic mass is 16.5. The zero-order valence-corrected chi connectivity index (χ0v) is 8.39. The van der Waals surface area contributed by atoms with Gasteiger partial charge in [-0.05, 0) is 30.2 Å². The van der Waals surface area contributed by atoms with Crippen LogP contribution in [0.2, 0.25) is 0 Å². The van der Waals surface area contributed by atoms with Gasteiger partial charge in [-0.25, -0.2) is 0 Å². The minimum Gasteiger partial charge on any atom is -0.489 e. The molecule has 0 aromatic heterocycles. The maximum absolute atomic E-state index is 5.59. The van der Waals surface area contributed by atoms with Crippen molar-refractivity contribution in [2.24, 2.45) is 0 Å². The molecule has 0 aliphatic heterocycles. The van der Waals surface area contributed by atoms with Crippen LogP contribution in [0.15, 0.2) is 54.6 Å². The van der Waals surface area contributed by atoms with Crippen molar-refractivity contribution in [1.29, 1.82) is 0 Å². The topological polar surface area (TPSA) is 9.23 Å². The van der Waals surface area contributed by atoms with Gasteiger partial charge < -0.3 is 4.74 Å². The quantitative estimate of drug-likeness (QED) is 0.731. The average Bonchev–Trinajstić information content (AvgIpc) is 2.30. The molecule has 2 aromatic carbocycles. The van der Waals surface area contributed by atoms with Crippen LogP contribution in [0.4, 0.5) is 0 Å². The number of hydrogen-bond donors (Lipinski definition) is 0. The molecule has 0 heterocycles. The van der Waals surface area contributed by atoms with Crippen LogP contribution in [0.5, 0.6) is 5.75 Å². The first kappa shape index (κ1) is 9.78. The number of benzene rings is 2. The summed E-state index contributed by atoms with van der Waals surface area (Å²) in [7, 11) is 0. The second-order valence-electron chi connectivity index (χ2n) is 3.34. The molecule has 0 atom stereocenters. The molecule has 0 amide bonds. The first-order chi connectivity index (χ1) is 7.34. The Morgan fingerprint density at radius 3 is 2.20 bits per heavy atom. The molecule has 15 heavy (non-hydrogen) atoms. The highest BCUT2D eigenvalue weighted by Crippen LogP contribution is 2.13. The summed E-state index contributed by atoms with van der Waals surface area (Å²) < 4.78 is 5.59. The molecule has 74 valence electrons. The summed E-state index contributed by atoms with van der Waals surface area (Å²) in [4.78, 5) is 0. The van der Waals surface area contributed by atoms with Crippen molar-refractivity contribution in [3.05, 3.63) is 72.6 Å². The lowest BCUT2D eigenvalue weighted by molar-refractivity contribution is 0.306. The molecule has 0 saturated heterocycles. The molecule has 0 aliphatic rings. The molecule has 2 radical (unpaired) electrons. The first-order valence-electron chi connectivity index (χ1n) is 4.87. The predicted octanol–water partition coefficient (Wildman–Crippen LogP) is 3.32. The molecule has 0 fully saturated rings. The summed E-state index contributed by atoms with van der Waals surface area (Å²) in [6.45, 7) is 6.17. The van der Waals surface area contributed by atoms with E-state index in [9.17, 15) is 0 Å². The van der Waals surface area contributed by atoms with E-state index < -0.39 is 0 Å². The van der Waals surface area contributed by atoms with Gasteiger partial charge in [0.05, 0.1) is 0 Å². The summed E-state index contributed by atoms with van der Waals surface area (Å²) >= 11 is 0. The second kappa shape index (κ2) is 4.65. The largest absolute Gasteiger partial charge is 0.489 e. The maximum atomic E-state index is 5.59. The highest BCUT2D eigenvalue weighted by Gasteiger charge is 1.94. The Hall–Kier alpha value is -1.76. The van der Waals surface area contributed by atoms with Crippen LogP contribution >= 0.6 is 0 Å². The molecule has 2 aromatic rings. The third-order valence-electron chi connectivity index (χ3n) is 2.13. The molecule has 0 N–H and O–H groups in total. The van der Waals surface area contributed by atoms with Gasteiger partial charge in [-0.15, -0.1) is 0 Å². The Morgan fingerprint density at radius 1 is 0.867 bits per heavy atom. The van der Waals surface area contributed by atoms with Crippen molar-refractivity contribution in [3.63, 3.8) is 0 Å². The van der Waals surface area contributed by atoms with Crippen molar-refractivity contribution in [2.75, 3.05) is 0 Å². The number of ether oxygens (including phenoxy) is 1. The molecular formula is C14H12O. The van der Waals surface area contributed by atoms with Crippen LogP contribution in [0.1, 0.15) is 11.1 Å². The van der Waals surface area contributed by atoms with E-state index in [1.165, 1.54) is 0 Å². The molecular weight excluding hydrogens is 184 g/mol. The minimum absolute atomic E-state index is 0.588. The highest BCUT2D eigenvalue weighted by molar-refractivity contribution is 5.28. The van der Waals surface area contributed by atoms with Crippen LogP contribution in [0.3, 0.4) is 0 Å². The molecule has 1 nitrogen and oxygen atoms in total. The molecule has 2 rings (SSSR count). The monoisotopic (exact) mass is 196 g/mol. The minimum atomic E-state index is 0.588. The fourth-order valence-corrected chi connectivity index (χ4v) is 1.30. The zero-order valence-electron chi connectivity index (χ0n) is 8.39. The standard InChI is InChI=1S/C14H12O/c1-12-7-9-14(10-8-12)15-11-13-5-3-2-4-6-13/h1-10H,11H2. The lowest BCUT2D eigenvalue weighted by atomic mass is 10.2. The molecule has 1 heteroatoms. The summed E-state index contributed by atoms with van der Waals surface area (Å²) in [6.07, 6.45) is 0. The summed E-state index contributed by atoms with van der Waals surface area (Å²) in [6, 6.07) is 17.5. The van der Waals surface area contributed by atoms with E-state index in [0.717, 1.165) is 16.9 Å². The van der Waals surface area contributed by atoms with Crippen LogP contribution < -0.4 is 4.74 Å². The number of hydrogen-bond acceptors (Lipinski definition) is 1. The van der Waals surface area contributed by atoms with Gasteiger partial charge >= 0.3 is 0 Å². The van der Waals surface area contributed by atoms with Gasteiger partial charge in [0.15, 0.2) is 0 Å². The van der Waals surface area contributed by atoms with Gasteiger partial charge in [0.2, 0.25) is 0 Å². The van der Waals surface area contributed by atoms with Crippen molar-refractivity contribution in [1.82, 2.24) is 0 Å². The Morgan fingerprint density at radius 2 is 1.53 bits per heavy atom. The van der Waals surface area contributed by atoms with Crippen LogP contribution in [0.25, 0.3) is 0 Å². The van der Waals surface area contributed by atoms with Crippen molar-refractivity contribution < 1.29 is 4.74 Å². The smallest absolute Gasteiger partial charge is 0.119 e. The van der Waals surface area contributed by atoms with Crippen LogP contribution in [-0.2, 0) is 6.61 Å². The van der Waals surface area contributed by atoms with Gasteiger partial charge in [-0.1, -0.05) is 42.5 Å². The summed E-state index contributed by atoms with van der Waals surface area (Å²) in [5.41, 5.74) is 1.91. The van der Waals surface area contributed by atoms with Gasteiger partial charge in [0, 0.05) is 0 Å². The SMILES string of the molecule is [CH]c1ccc(OCc2ccccc2)cc1. The maximum Gasteiger partial charge on any atom is 0.119 e. The average molecular weight is 196 g/mol. The lowest BCUT2D eigenvalue weighted by Gasteiger charge is -2.05. The Balaban J connectivity index is 1.96. The van der Waals surface area contributed by atoms with E-state index in [-0.39, 0.29) is 0 Å². The first-order valence-corrected chi connectivity index (χ1v) is 4.87. The third-order valence-corrected chi connectivity index (χ3v) is 2.13. The fourth-order valence-electron chi connectivity index (χ4n) is 1.30. The van der Waals surface area contributed by atoms with Crippen LogP contribution in [-0.4, -0.2) is 0 Å². The molecule has 0 saturated carbocycles. The molecule has 0 unspecified atom stereocenters.